The van der Waals surface area contributed by atoms with Crippen LogP contribution < -0.4 is 5.32 Å². The summed E-state index contributed by atoms with van der Waals surface area (Å²) in [6.07, 6.45) is -4.64. The zero-order valence-corrected chi connectivity index (χ0v) is 13.8. The molecule has 0 aliphatic carbocycles. The van der Waals surface area contributed by atoms with E-state index in [-0.39, 0.29) is 27.8 Å². The van der Waals surface area contributed by atoms with Crippen molar-refractivity contribution in [1.29, 1.82) is 0 Å². The van der Waals surface area contributed by atoms with Crippen molar-refractivity contribution in [1.82, 2.24) is 14.8 Å². The van der Waals surface area contributed by atoms with E-state index in [2.05, 4.69) is 15.5 Å². The fourth-order valence-corrected chi connectivity index (χ4v) is 2.67. The number of hydrogen-bond acceptors (Lipinski definition) is 6. The fourth-order valence-electron chi connectivity index (χ4n) is 1.96. The molecule has 0 spiro atoms. The van der Waals surface area contributed by atoms with E-state index in [0.29, 0.717) is 0 Å². The minimum atomic E-state index is -4.64. The molecule has 1 heterocycles. The van der Waals surface area contributed by atoms with Crippen LogP contribution in [0.3, 0.4) is 0 Å². The van der Waals surface area contributed by atoms with Gasteiger partial charge < -0.3 is 9.88 Å². The zero-order valence-electron chi connectivity index (χ0n) is 13.0. The number of hydrogen-bond donors (Lipinski definition) is 1. The van der Waals surface area contributed by atoms with Gasteiger partial charge in [0.1, 0.15) is 0 Å². The number of nitrogens with zero attached hydrogens (tertiary/aromatic N) is 4. The molecular weight excluding hydrogens is 363 g/mol. The molecule has 8 nitrogen and oxygen atoms in total. The van der Waals surface area contributed by atoms with Crippen LogP contribution in [0.2, 0.25) is 0 Å². The van der Waals surface area contributed by atoms with Crippen LogP contribution >= 0.6 is 11.8 Å². The molecule has 1 N–H and O–H groups in total. The summed E-state index contributed by atoms with van der Waals surface area (Å²) in [4.78, 5) is 22.3. The van der Waals surface area contributed by atoms with Gasteiger partial charge in [-0.3, -0.25) is 14.9 Å². The van der Waals surface area contributed by atoms with Crippen LogP contribution in [0.4, 0.5) is 24.5 Å². The summed E-state index contributed by atoms with van der Waals surface area (Å²) >= 11 is 0.771. The standard InChI is InChI=1S/C13H12F3N5O3S/c1-7-8(4-3-5-9(7)21(23)24)17-10(22)6-25-12-19-18-11(20(12)2)13(14,15)16/h3-5H,6H2,1-2H3,(H,17,22). The molecule has 0 bridgehead atoms. The molecule has 0 unspecified atom stereocenters. The smallest absolute Gasteiger partial charge is 0.325 e. The minimum absolute atomic E-state index is 0.0711. The van der Waals surface area contributed by atoms with E-state index in [4.69, 9.17) is 0 Å². The minimum Gasteiger partial charge on any atom is -0.325 e. The van der Waals surface area contributed by atoms with Gasteiger partial charge >= 0.3 is 6.18 Å². The summed E-state index contributed by atoms with van der Waals surface area (Å²) in [6.45, 7) is 1.49. The number of anilines is 1. The van der Waals surface area contributed by atoms with E-state index < -0.39 is 22.8 Å². The number of nitrogens with one attached hydrogen (secondary N) is 1. The Morgan fingerprint density at radius 2 is 2.08 bits per heavy atom. The normalized spacial score (nSPS) is 11.4. The molecule has 1 aromatic carbocycles. The highest BCUT2D eigenvalue weighted by atomic mass is 32.2. The third-order valence-electron chi connectivity index (χ3n) is 3.20. The number of aromatic nitrogens is 3. The van der Waals surface area contributed by atoms with Gasteiger partial charge in [-0.15, -0.1) is 10.2 Å². The van der Waals surface area contributed by atoms with E-state index in [0.717, 1.165) is 23.4 Å². The number of amides is 1. The van der Waals surface area contributed by atoms with Crippen molar-refractivity contribution in [2.24, 2.45) is 7.05 Å². The average molecular weight is 375 g/mol. The molecule has 0 saturated heterocycles. The average Bonchev–Trinajstić information content (AvgIpc) is 2.88. The predicted molar refractivity (Wildman–Crippen MR) is 83.2 cm³/mol. The first-order valence-electron chi connectivity index (χ1n) is 6.74. The van der Waals surface area contributed by atoms with Crippen molar-refractivity contribution in [3.8, 4) is 0 Å². The van der Waals surface area contributed by atoms with Gasteiger partial charge in [0.25, 0.3) is 5.69 Å². The fraction of sp³-hybridized carbons (Fsp3) is 0.308. The highest BCUT2D eigenvalue weighted by Crippen LogP contribution is 2.30. The highest BCUT2D eigenvalue weighted by Gasteiger charge is 2.37. The first-order valence-corrected chi connectivity index (χ1v) is 7.73. The van der Waals surface area contributed by atoms with E-state index in [9.17, 15) is 28.1 Å². The molecule has 1 aromatic heterocycles. The number of rotatable bonds is 5. The van der Waals surface area contributed by atoms with Gasteiger partial charge in [-0.1, -0.05) is 17.8 Å². The Labute approximate surface area is 143 Å². The lowest BCUT2D eigenvalue weighted by atomic mass is 10.1. The highest BCUT2D eigenvalue weighted by molar-refractivity contribution is 7.99. The van der Waals surface area contributed by atoms with Gasteiger partial charge in [-0.2, -0.15) is 13.2 Å². The maximum atomic E-state index is 12.6. The van der Waals surface area contributed by atoms with Gasteiger partial charge in [-0.25, -0.2) is 0 Å². The lowest BCUT2D eigenvalue weighted by Crippen LogP contribution is -2.16. The van der Waals surface area contributed by atoms with Crippen LogP contribution in [-0.4, -0.2) is 31.3 Å². The lowest BCUT2D eigenvalue weighted by Gasteiger charge is -2.09. The van der Waals surface area contributed by atoms with Gasteiger partial charge in [0, 0.05) is 13.1 Å². The summed E-state index contributed by atoms with van der Waals surface area (Å²) in [6, 6.07) is 4.22. The zero-order chi connectivity index (χ0) is 18.8. The van der Waals surface area contributed by atoms with Gasteiger partial charge in [0.15, 0.2) is 5.16 Å². The largest absolute Gasteiger partial charge is 0.451 e. The molecule has 25 heavy (non-hydrogen) atoms. The molecular formula is C13H12F3N5O3S. The quantitative estimate of drug-likeness (QED) is 0.490. The Hall–Kier alpha value is -2.63. The van der Waals surface area contributed by atoms with Crippen LogP contribution in [0.5, 0.6) is 0 Å². The summed E-state index contributed by atoms with van der Waals surface area (Å²) in [5.41, 5.74) is 0.395. The molecule has 0 atom stereocenters. The molecule has 0 aliphatic rings. The summed E-state index contributed by atoms with van der Waals surface area (Å²) in [5.74, 6) is -1.93. The van der Waals surface area contributed by atoms with E-state index in [1.54, 1.807) is 0 Å². The maximum absolute atomic E-state index is 12.6. The van der Waals surface area contributed by atoms with Crippen molar-refractivity contribution in [3.63, 3.8) is 0 Å². The molecule has 12 heteroatoms. The van der Waals surface area contributed by atoms with Crippen LogP contribution in [-0.2, 0) is 18.0 Å². The Morgan fingerprint density at radius 1 is 1.40 bits per heavy atom. The first-order chi connectivity index (χ1) is 11.6. The summed E-state index contributed by atoms with van der Waals surface area (Å²) < 4.78 is 38.6. The van der Waals surface area contributed by atoms with Crippen LogP contribution in [0.15, 0.2) is 23.4 Å². The molecule has 2 rings (SSSR count). The van der Waals surface area contributed by atoms with Crippen molar-refractivity contribution in [2.75, 3.05) is 11.1 Å². The summed E-state index contributed by atoms with van der Waals surface area (Å²) in [5, 5.41) is 19.7. The number of carbonyl (C=O) groups excluding carboxylic acids is 1. The van der Waals surface area contributed by atoms with E-state index in [1.807, 2.05) is 0 Å². The van der Waals surface area contributed by atoms with Crippen LogP contribution in [0, 0.1) is 17.0 Å². The lowest BCUT2D eigenvalue weighted by molar-refractivity contribution is -0.385. The number of benzene rings is 1. The number of nitro groups is 1. The third kappa shape index (κ3) is 4.26. The molecule has 0 fully saturated rings. The Morgan fingerprint density at radius 3 is 2.64 bits per heavy atom. The van der Waals surface area contributed by atoms with Gasteiger partial charge in [-0.05, 0) is 13.0 Å². The Kier molecular flexibility index (Phi) is 5.30. The second-order valence-corrected chi connectivity index (χ2v) is 5.85. The van der Waals surface area contributed by atoms with E-state index in [1.165, 1.54) is 25.1 Å². The second kappa shape index (κ2) is 7.09. The summed E-state index contributed by atoms with van der Waals surface area (Å²) in [7, 11) is 1.15. The number of carbonyl (C=O) groups is 1. The topological polar surface area (TPSA) is 103 Å². The SMILES string of the molecule is Cc1c(NC(=O)CSc2nnc(C(F)(F)F)n2C)cccc1[N+](=O)[O-]. The predicted octanol–water partition coefficient (Wildman–Crippen LogP) is 2.78. The molecule has 0 aliphatic heterocycles. The van der Waals surface area contributed by atoms with Crippen molar-refractivity contribution in [3.05, 3.63) is 39.7 Å². The monoisotopic (exact) mass is 375 g/mol. The first kappa shape index (κ1) is 18.7. The number of thioether (sulfide) groups is 1. The molecule has 2 aromatic rings. The van der Waals surface area contributed by atoms with Crippen molar-refractivity contribution >= 4 is 29.0 Å². The molecule has 134 valence electrons. The van der Waals surface area contributed by atoms with Crippen molar-refractivity contribution in [2.45, 2.75) is 18.3 Å². The van der Waals surface area contributed by atoms with E-state index >= 15 is 0 Å². The number of halogens is 3. The van der Waals surface area contributed by atoms with Gasteiger partial charge in [0.2, 0.25) is 11.7 Å². The molecule has 0 saturated carbocycles. The Balaban J connectivity index is 2.04. The number of nitro benzene ring substituents is 1. The van der Waals surface area contributed by atoms with Crippen molar-refractivity contribution < 1.29 is 22.9 Å². The molecule has 0 radical (unpaired) electrons. The Bertz CT molecular complexity index is 822. The molecule has 1 amide bonds. The van der Waals surface area contributed by atoms with Gasteiger partial charge in [0.05, 0.1) is 21.9 Å². The number of alkyl halides is 3. The second-order valence-electron chi connectivity index (χ2n) is 4.91. The third-order valence-corrected chi connectivity index (χ3v) is 4.22. The van der Waals surface area contributed by atoms with Crippen LogP contribution in [0.1, 0.15) is 11.4 Å². The maximum Gasteiger partial charge on any atom is 0.451 e. The van der Waals surface area contributed by atoms with Crippen LogP contribution in [0.25, 0.3) is 0 Å².